The van der Waals surface area contributed by atoms with Gasteiger partial charge >= 0.3 is 11.9 Å². The molecule has 0 spiro atoms. The van der Waals surface area contributed by atoms with Gasteiger partial charge in [0.2, 0.25) is 0 Å². The highest BCUT2D eigenvalue weighted by molar-refractivity contribution is 7.85. The van der Waals surface area contributed by atoms with Crippen LogP contribution in [0.4, 0.5) is 0 Å². The number of carbonyl (C=O) groups excluding carboxylic acids is 2. The maximum absolute atomic E-state index is 12.7. The molecular formula is C45H76O12S. The molecule has 1 heterocycles. The van der Waals surface area contributed by atoms with Crippen molar-refractivity contribution in [1.82, 2.24) is 0 Å². The van der Waals surface area contributed by atoms with E-state index in [9.17, 15) is 37.9 Å². The predicted octanol–water partition coefficient (Wildman–Crippen LogP) is 8.56. The maximum Gasteiger partial charge on any atom is 0.306 e. The number of allylic oxidation sites excluding steroid dienone is 10. The van der Waals surface area contributed by atoms with E-state index in [2.05, 4.69) is 62.5 Å². The van der Waals surface area contributed by atoms with Gasteiger partial charge in [-0.2, -0.15) is 8.42 Å². The van der Waals surface area contributed by atoms with E-state index in [0.29, 0.717) is 12.8 Å². The Morgan fingerprint density at radius 3 is 1.60 bits per heavy atom. The van der Waals surface area contributed by atoms with Crippen LogP contribution < -0.4 is 0 Å². The number of rotatable bonds is 35. The molecule has 6 atom stereocenters. The van der Waals surface area contributed by atoms with Gasteiger partial charge in [0.15, 0.2) is 12.4 Å². The van der Waals surface area contributed by atoms with Crippen LogP contribution in [0.3, 0.4) is 0 Å². The quantitative estimate of drug-likeness (QED) is 0.0207. The number of ether oxygens (including phenoxy) is 4. The summed E-state index contributed by atoms with van der Waals surface area (Å²) in [6, 6.07) is 0. The average molecular weight is 841 g/mol. The molecule has 1 saturated heterocycles. The van der Waals surface area contributed by atoms with Crippen LogP contribution >= 0.6 is 0 Å². The van der Waals surface area contributed by atoms with Crippen LogP contribution in [0.2, 0.25) is 0 Å². The predicted molar refractivity (Wildman–Crippen MR) is 229 cm³/mol. The smallest absolute Gasteiger partial charge is 0.306 e. The zero-order valence-corrected chi connectivity index (χ0v) is 36.2. The molecule has 13 heteroatoms. The Hall–Kier alpha value is -2.65. The normalized spacial score (nSPS) is 21.0. The van der Waals surface area contributed by atoms with Gasteiger partial charge in [0.1, 0.15) is 36.8 Å². The van der Waals surface area contributed by atoms with Crippen LogP contribution in [0, 0.1) is 0 Å². The highest BCUT2D eigenvalue weighted by Gasteiger charge is 2.46. The van der Waals surface area contributed by atoms with Gasteiger partial charge in [-0.1, -0.05) is 152 Å². The fraction of sp³-hybridized carbons (Fsp3) is 0.733. The van der Waals surface area contributed by atoms with E-state index in [-0.39, 0.29) is 19.4 Å². The summed E-state index contributed by atoms with van der Waals surface area (Å²) < 4.78 is 53.9. The SMILES string of the molecule is CCCCC/C=C/C/C=C/C/C=C/C/C=C/C/C=C/CCC(=O)OC[C@H](CO[C@H]1O[C@H](CS(=O)(=O)O)[C@@H](O)C(O)C1O)OC(=O)CCCCCCCCCCCCC. The molecule has 0 aromatic heterocycles. The molecule has 334 valence electrons. The summed E-state index contributed by atoms with van der Waals surface area (Å²) >= 11 is 0. The van der Waals surface area contributed by atoms with Crippen molar-refractivity contribution in [2.24, 2.45) is 0 Å². The first-order chi connectivity index (χ1) is 28.0. The van der Waals surface area contributed by atoms with Gasteiger partial charge in [0.25, 0.3) is 10.1 Å². The van der Waals surface area contributed by atoms with Gasteiger partial charge in [-0.05, 0) is 51.4 Å². The molecule has 4 N–H and O–H groups in total. The van der Waals surface area contributed by atoms with Gasteiger partial charge in [-0.15, -0.1) is 0 Å². The third kappa shape index (κ3) is 29.5. The van der Waals surface area contributed by atoms with Crippen molar-refractivity contribution in [2.45, 2.75) is 192 Å². The number of aliphatic hydroxyl groups is 3. The lowest BCUT2D eigenvalue weighted by Crippen LogP contribution is -2.60. The Balaban J connectivity index is 2.51. The maximum atomic E-state index is 12.7. The first-order valence-corrected chi connectivity index (χ1v) is 23.5. The molecule has 0 bridgehead atoms. The number of unbranched alkanes of at least 4 members (excludes halogenated alkanes) is 13. The largest absolute Gasteiger partial charge is 0.462 e. The summed E-state index contributed by atoms with van der Waals surface area (Å²) in [5.74, 6) is -2.09. The molecule has 0 aromatic carbocycles. The van der Waals surface area contributed by atoms with Gasteiger partial charge in [-0.25, -0.2) is 0 Å². The Kier molecular flexibility index (Phi) is 32.3. The van der Waals surface area contributed by atoms with Gasteiger partial charge in [0.05, 0.1) is 6.61 Å². The summed E-state index contributed by atoms with van der Waals surface area (Å²) in [6.45, 7) is 3.64. The molecule has 0 amide bonds. The second kappa shape index (κ2) is 35.1. The molecule has 2 unspecified atom stereocenters. The number of hydrogen-bond donors (Lipinski definition) is 4. The molecule has 1 fully saturated rings. The minimum absolute atomic E-state index is 0.0945. The summed E-state index contributed by atoms with van der Waals surface area (Å²) in [5.41, 5.74) is 0. The van der Waals surface area contributed by atoms with E-state index in [4.69, 9.17) is 18.9 Å². The van der Waals surface area contributed by atoms with Crippen molar-refractivity contribution in [1.29, 1.82) is 0 Å². The summed E-state index contributed by atoms with van der Waals surface area (Å²) in [5, 5.41) is 30.8. The highest BCUT2D eigenvalue weighted by atomic mass is 32.2. The number of aliphatic hydroxyl groups excluding tert-OH is 3. The molecule has 0 radical (unpaired) electrons. The second-order valence-corrected chi connectivity index (χ2v) is 16.5. The van der Waals surface area contributed by atoms with Crippen LogP contribution in [0.5, 0.6) is 0 Å². The molecule has 1 rings (SSSR count). The van der Waals surface area contributed by atoms with E-state index < -0.39 is 71.2 Å². The fourth-order valence-electron chi connectivity index (χ4n) is 6.19. The van der Waals surface area contributed by atoms with Crippen molar-refractivity contribution in [3.8, 4) is 0 Å². The van der Waals surface area contributed by atoms with E-state index in [1.165, 1.54) is 64.2 Å². The minimum Gasteiger partial charge on any atom is -0.462 e. The highest BCUT2D eigenvalue weighted by Crippen LogP contribution is 2.24. The number of esters is 2. The van der Waals surface area contributed by atoms with E-state index in [0.717, 1.165) is 51.4 Å². The van der Waals surface area contributed by atoms with Crippen LogP contribution in [0.1, 0.15) is 155 Å². The van der Waals surface area contributed by atoms with Crippen molar-refractivity contribution in [3.05, 3.63) is 60.8 Å². The average Bonchev–Trinajstić information content (AvgIpc) is 3.18. The molecule has 0 aliphatic carbocycles. The monoisotopic (exact) mass is 841 g/mol. The van der Waals surface area contributed by atoms with Crippen molar-refractivity contribution < 1.29 is 56.8 Å². The first-order valence-electron chi connectivity index (χ1n) is 21.8. The van der Waals surface area contributed by atoms with Crippen molar-refractivity contribution in [2.75, 3.05) is 19.0 Å². The Bertz CT molecular complexity index is 1310. The number of hydrogen-bond acceptors (Lipinski definition) is 11. The second-order valence-electron chi connectivity index (χ2n) is 15.0. The third-order valence-electron chi connectivity index (χ3n) is 9.61. The summed E-state index contributed by atoms with van der Waals surface area (Å²) in [6.07, 6.45) is 32.9. The van der Waals surface area contributed by atoms with E-state index in [1.807, 2.05) is 12.2 Å². The van der Waals surface area contributed by atoms with Crippen LogP contribution in [-0.2, 0) is 38.7 Å². The third-order valence-corrected chi connectivity index (χ3v) is 10.4. The van der Waals surface area contributed by atoms with Crippen LogP contribution in [0.15, 0.2) is 60.8 Å². The van der Waals surface area contributed by atoms with Gasteiger partial charge in [-0.3, -0.25) is 14.1 Å². The van der Waals surface area contributed by atoms with E-state index in [1.54, 1.807) is 0 Å². The molecule has 12 nitrogen and oxygen atoms in total. The zero-order valence-electron chi connectivity index (χ0n) is 35.4. The zero-order chi connectivity index (χ0) is 42.7. The molecule has 58 heavy (non-hydrogen) atoms. The van der Waals surface area contributed by atoms with Gasteiger partial charge in [0, 0.05) is 12.8 Å². The molecule has 1 aliphatic heterocycles. The minimum atomic E-state index is -4.61. The van der Waals surface area contributed by atoms with Gasteiger partial charge < -0.3 is 34.3 Å². The lowest BCUT2D eigenvalue weighted by atomic mass is 10.00. The standard InChI is InChI=1S/C45H76O12S/c1-3-5-7-9-11-13-15-16-17-18-19-20-21-22-24-25-27-29-31-33-40(46)54-35-38(56-41(47)34-32-30-28-26-23-14-12-10-8-6-4-2)36-55-45-44(50)43(49)42(48)39(57-45)37-58(51,52)53/h11,13,16-17,19-20,22,24,27,29,38-39,42-45,48-50H,3-10,12,14-15,18,21,23,25-26,28,30-37H2,1-2H3,(H,51,52,53)/b13-11+,17-16+,20-19+,24-22+,29-27+/t38-,39-,42-,43?,44?,45+/m1/s1. The van der Waals surface area contributed by atoms with Crippen LogP contribution in [-0.4, -0.2) is 96.0 Å². The van der Waals surface area contributed by atoms with Crippen molar-refractivity contribution in [3.63, 3.8) is 0 Å². The Labute approximate surface area is 349 Å². The Morgan fingerprint density at radius 1 is 0.586 bits per heavy atom. The Morgan fingerprint density at radius 2 is 1.07 bits per heavy atom. The lowest BCUT2D eigenvalue weighted by Gasteiger charge is -2.40. The molecule has 0 saturated carbocycles. The topological polar surface area (TPSA) is 186 Å². The molecule has 0 aromatic rings. The van der Waals surface area contributed by atoms with E-state index >= 15 is 0 Å². The summed E-state index contributed by atoms with van der Waals surface area (Å²) in [4.78, 5) is 25.3. The number of carbonyl (C=O) groups is 2. The fourth-order valence-corrected chi connectivity index (χ4v) is 6.88. The van der Waals surface area contributed by atoms with Crippen molar-refractivity contribution >= 4 is 22.1 Å². The summed E-state index contributed by atoms with van der Waals surface area (Å²) in [7, 11) is -4.61. The molecule has 1 aliphatic rings. The lowest BCUT2D eigenvalue weighted by molar-refractivity contribution is -0.297. The van der Waals surface area contributed by atoms with Crippen LogP contribution in [0.25, 0.3) is 0 Å². The first kappa shape index (κ1) is 53.4. The molecular weight excluding hydrogens is 765 g/mol.